The standard InChI is InChI=1S/C16H31N3O2/c1-6-14-11-19(13(5)20)10-9-15(14)17-12(4)16(21)18(7-2)8-3/h12,14-15,17H,6-11H2,1-5H3/t12-,14-,15-/m1/s1. The number of nitrogens with one attached hydrogen (secondary N) is 1. The Morgan fingerprint density at radius 3 is 2.38 bits per heavy atom. The van der Waals surface area contributed by atoms with E-state index in [0.717, 1.165) is 39.0 Å². The van der Waals surface area contributed by atoms with Crippen LogP contribution in [-0.2, 0) is 9.59 Å². The maximum Gasteiger partial charge on any atom is 0.239 e. The SMILES string of the molecule is CC[C@@H]1CN(C(C)=O)CC[C@H]1N[C@H](C)C(=O)N(CC)CC. The molecular formula is C16H31N3O2. The number of carbonyl (C=O) groups is 2. The molecule has 0 bridgehead atoms. The van der Waals surface area contributed by atoms with Gasteiger partial charge in [-0.15, -0.1) is 0 Å². The molecule has 1 fully saturated rings. The number of hydrogen-bond acceptors (Lipinski definition) is 3. The predicted molar refractivity (Wildman–Crippen MR) is 85.0 cm³/mol. The molecule has 0 spiro atoms. The van der Waals surface area contributed by atoms with Gasteiger partial charge in [0.25, 0.3) is 0 Å². The fourth-order valence-corrected chi connectivity index (χ4v) is 3.15. The second kappa shape index (κ2) is 8.37. The lowest BCUT2D eigenvalue weighted by molar-refractivity contribution is -0.134. The number of nitrogens with zero attached hydrogens (tertiary/aromatic N) is 2. The molecule has 0 aromatic heterocycles. The molecule has 5 nitrogen and oxygen atoms in total. The quantitative estimate of drug-likeness (QED) is 0.808. The summed E-state index contributed by atoms with van der Waals surface area (Å²) < 4.78 is 0. The highest BCUT2D eigenvalue weighted by Gasteiger charge is 2.31. The molecule has 1 aliphatic heterocycles. The fourth-order valence-electron chi connectivity index (χ4n) is 3.15. The average molecular weight is 297 g/mol. The van der Waals surface area contributed by atoms with Gasteiger partial charge in [0, 0.05) is 39.1 Å². The van der Waals surface area contributed by atoms with E-state index < -0.39 is 0 Å². The van der Waals surface area contributed by atoms with E-state index >= 15 is 0 Å². The summed E-state index contributed by atoms with van der Waals surface area (Å²) in [6, 6.07) is 0.160. The lowest BCUT2D eigenvalue weighted by Crippen LogP contribution is -2.55. The van der Waals surface area contributed by atoms with Gasteiger partial charge >= 0.3 is 0 Å². The largest absolute Gasteiger partial charge is 0.343 e. The minimum Gasteiger partial charge on any atom is -0.343 e. The van der Waals surface area contributed by atoms with Gasteiger partial charge in [-0.25, -0.2) is 0 Å². The molecule has 21 heavy (non-hydrogen) atoms. The lowest BCUT2D eigenvalue weighted by atomic mass is 9.89. The van der Waals surface area contributed by atoms with Crippen LogP contribution in [0.25, 0.3) is 0 Å². The van der Waals surface area contributed by atoms with Crippen LogP contribution in [0.2, 0.25) is 0 Å². The summed E-state index contributed by atoms with van der Waals surface area (Å²) in [4.78, 5) is 27.6. The van der Waals surface area contributed by atoms with Crippen molar-refractivity contribution in [3.05, 3.63) is 0 Å². The molecule has 0 aliphatic carbocycles. The topological polar surface area (TPSA) is 52.7 Å². The molecule has 0 aromatic rings. The molecule has 0 unspecified atom stereocenters. The minimum absolute atomic E-state index is 0.152. The zero-order chi connectivity index (χ0) is 16.0. The molecule has 1 rings (SSSR count). The summed E-state index contributed by atoms with van der Waals surface area (Å²) in [6.07, 6.45) is 1.95. The molecule has 1 aliphatic rings. The number of hydrogen-bond donors (Lipinski definition) is 1. The average Bonchev–Trinajstić information content (AvgIpc) is 2.48. The maximum atomic E-state index is 12.3. The Kier molecular flexibility index (Phi) is 7.15. The lowest BCUT2D eigenvalue weighted by Gasteiger charge is -2.39. The van der Waals surface area contributed by atoms with Crippen LogP contribution < -0.4 is 5.32 Å². The highest BCUT2D eigenvalue weighted by molar-refractivity contribution is 5.81. The highest BCUT2D eigenvalue weighted by atomic mass is 16.2. The first kappa shape index (κ1) is 18.0. The van der Waals surface area contributed by atoms with Crippen LogP contribution in [-0.4, -0.2) is 59.9 Å². The van der Waals surface area contributed by atoms with Gasteiger partial charge in [-0.3, -0.25) is 9.59 Å². The van der Waals surface area contributed by atoms with Crippen LogP contribution in [0.5, 0.6) is 0 Å². The van der Waals surface area contributed by atoms with Crippen molar-refractivity contribution in [2.45, 2.75) is 59.5 Å². The van der Waals surface area contributed by atoms with Crippen LogP contribution in [0.1, 0.15) is 47.5 Å². The first-order valence-corrected chi connectivity index (χ1v) is 8.24. The first-order valence-electron chi connectivity index (χ1n) is 8.24. The Morgan fingerprint density at radius 2 is 1.90 bits per heavy atom. The third-order valence-corrected chi connectivity index (χ3v) is 4.61. The van der Waals surface area contributed by atoms with Gasteiger partial charge in [0.15, 0.2) is 0 Å². The van der Waals surface area contributed by atoms with E-state index in [2.05, 4.69) is 12.2 Å². The van der Waals surface area contributed by atoms with Crippen molar-refractivity contribution >= 4 is 11.8 Å². The summed E-state index contributed by atoms with van der Waals surface area (Å²) in [6.45, 7) is 12.8. The van der Waals surface area contributed by atoms with Crippen LogP contribution >= 0.6 is 0 Å². The van der Waals surface area contributed by atoms with E-state index in [1.54, 1.807) is 6.92 Å². The summed E-state index contributed by atoms with van der Waals surface area (Å²) in [5.41, 5.74) is 0. The van der Waals surface area contributed by atoms with Crippen LogP contribution in [0, 0.1) is 5.92 Å². The van der Waals surface area contributed by atoms with Gasteiger partial charge in [0.2, 0.25) is 11.8 Å². The Hall–Kier alpha value is -1.10. The zero-order valence-electron chi connectivity index (χ0n) is 14.2. The second-order valence-corrected chi connectivity index (χ2v) is 5.93. The van der Waals surface area contributed by atoms with Gasteiger partial charge in [0.1, 0.15) is 0 Å². The number of likely N-dealkylation sites (N-methyl/N-ethyl adjacent to an activating group) is 1. The van der Waals surface area contributed by atoms with E-state index in [-0.39, 0.29) is 17.9 Å². The summed E-state index contributed by atoms with van der Waals surface area (Å²) in [5, 5.41) is 3.50. The van der Waals surface area contributed by atoms with E-state index in [1.165, 1.54) is 0 Å². The van der Waals surface area contributed by atoms with E-state index in [4.69, 9.17) is 0 Å². The van der Waals surface area contributed by atoms with Crippen molar-refractivity contribution in [2.75, 3.05) is 26.2 Å². The molecule has 5 heteroatoms. The Morgan fingerprint density at radius 1 is 1.29 bits per heavy atom. The fraction of sp³-hybridized carbons (Fsp3) is 0.875. The molecule has 3 atom stereocenters. The van der Waals surface area contributed by atoms with Crippen molar-refractivity contribution in [1.82, 2.24) is 15.1 Å². The third-order valence-electron chi connectivity index (χ3n) is 4.61. The van der Waals surface area contributed by atoms with Crippen LogP contribution in [0.3, 0.4) is 0 Å². The molecule has 1 saturated heterocycles. The van der Waals surface area contributed by atoms with Crippen molar-refractivity contribution in [2.24, 2.45) is 5.92 Å². The molecule has 2 amide bonds. The molecule has 0 radical (unpaired) electrons. The van der Waals surface area contributed by atoms with E-state index in [9.17, 15) is 9.59 Å². The molecule has 0 saturated carbocycles. The summed E-state index contributed by atoms with van der Waals surface area (Å²) >= 11 is 0. The van der Waals surface area contributed by atoms with Crippen LogP contribution in [0.15, 0.2) is 0 Å². The van der Waals surface area contributed by atoms with Gasteiger partial charge in [0.05, 0.1) is 6.04 Å². The van der Waals surface area contributed by atoms with Crippen LogP contribution in [0.4, 0.5) is 0 Å². The maximum absolute atomic E-state index is 12.3. The molecule has 1 N–H and O–H groups in total. The Bertz CT molecular complexity index is 355. The Balaban J connectivity index is 2.61. The van der Waals surface area contributed by atoms with Gasteiger partial charge in [-0.1, -0.05) is 13.3 Å². The van der Waals surface area contributed by atoms with Crippen molar-refractivity contribution in [3.8, 4) is 0 Å². The predicted octanol–water partition coefficient (Wildman–Crippen LogP) is 1.48. The van der Waals surface area contributed by atoms with Crippen molar-refractivity contribution < 1.29 is 9.59 Å². The Labute approximate surface area is 129 Å². The van der Waals surface area contributed by atoms with E-state index in [0.29, 0.717) is 12.0 Å². The monoisotopic (exact) mass is 297 g/mol. The van der Waals surface area contributed by atoms with Gasteiger partial charge in [-0.05, 0) is 33.1 Å². The molecule has 1 heterocycles. The molecule has 122 valence electrons. The summed E-state index contributed by atoms with van der Waals surface area (Å²) in [5.74, 6) is 0.748. The number of rotatable bonds is 6. The third kappa shape index (κ3) is 4.70. The first-order chi connectivity index (χ1) is 9.94. The zero-order valence-corrected chi connectivity index (χ0v) is 14.2. The molecular weight excluding hydrogens is 266 g/mol. The highest BCUT2D eigenvalue weighted by Crippen LogP contribution is 2.21. The number of likely N-dealkylation sites (tertiary alicyclic amines) is 1. The number of piperidine rings is 1. The second-order valence-electron chi connectivity index (χ2n) is 5.93. The minimum atomic E-state index is -0.159. The number of carbonyl (C=O) groups excluding carboxylic acids is 2. The normalized spacial score (nSPS) is 23.8. The van der Waals surface area contributed by atoms with Crippen molar-refractivity contribution in [1.29, 1.82) is 0 Å². The number of amides is 2. The summed E-state index contributed by atoms with van der Waals surface area (Å²) in [7, 11) is 0. The van der Waals surface area contributed by atoms with Crippen molar-refractivity contribution in [3.63, 3.8) is 0 Å². The smallest absolute Gasteiger partial charge is 0.239 e. The van der Waals surface area contributed by atoms with Gasteiger partial charge in [-0.2, -0.15) is 0 Å². The van der Waals surface area contributed by atoms with E-state index in [1.807, 2.05) is 30.6 Å². The molecule has 0 aromatic carbocycles. The van der Waals surface area contributed by atoms with Gasteiger partial charge < -0.3 is 15.1 Å².